The Morgan fingerprint density at radius 2 is 1.95 bits per heavy atom. The van der Waals surface area contributed by atoms with E-state index in [9.17, 15) is 0 Å². The third kappa shape index (κ3) is 3.65. The Labute approximate surface area is 131 Å². The molecule has 1 aromatic heterocycles. The van der Waals surface area contributed by atoms with E-state index in [1.54, 1.807) is 0 Å². The van der Waals surface area contributed by atoms with Gasteiger partial charge in [-0.2, -0.15) is 0 Å². The highest BCUT2D eigenvalue weighted by atomic mass is 16.6. The van der Waals surface area contributed by atoms with Crippen molar-refractivity contribution >= 4 is 0 Å². The molecule has 0 fully saturated rings. The van der Waals surface area contributed by atoms with Crippen molar-refractivity contribution in [1.29, 1.82) is 0 Å². The first-order valence-electron chi connectivity index (χ1n) is 7.47. The van der Waals surface area contributed by atoms with Crippen molar-refractivity contribution < 1.29 is 9.47 Å². The lowest BCUT2D eigenvalue weighted by atomic mass is 10.1. The topological polar surface area (TPSA) is 34.6 Å². The van der Waals surface area contributed by atoms with E-state index in [4.69, 9.17) is 9.47 Å². The minimum atomic E-state index is 0.612. The number of aromatic nitrogens is 1. The molecule has 0 aliphatic carbocycles. The lowest BCUT2D eigenvalue weighted by molar-refractivity contribution is 0.171. The number of hydrogen-bond acceptors (Lipinski definition) is 4. The van der Waals surface area contributed by atoms with Gasteiger partial charge in [-0.1, -0.05) is 18.2 Å². The highest BCUT2D eigenvalue weighted by Crippen LogP contribution is 2.31. The summed E-state index contributed by atoms with van der Waals surface area (Å²) >= 11 is 0. The van der Waals surface area contributed by atoms with Crippen molar-refractivity contribution in [2.75, 3.05) is 19.8 Å². The van der Waals surface area contributed by atoms with E-state index < -0.39 is 0 Å². The Kier molecular flexibility index (Phi) is 4.71. The first-order valence-corrected chi connectivity index (χ1v) is 7.47. The molecule has 22 heavy (non-hydrogen) atoms. The van der Waals surface area contributed by atoms with Crippen LogP contribution in [0.2, 0.25) is 0 Å². The van der Waals surface area contributed by atoms with Crippen LogP contribution in [0, 0.1) is 0 Å². The molecule has 0 amide bonds. The summed E-state index contributed by atoms with van der Waals surface area (Å²) in [6.07, 6.45) is 3.74. The maximum Gasteiger partial charge on any atom is 0.161 e. The van der Waals surface area contributed by atoms with Crippen LogP contribution in [0.3, 0.4) is 0 Å². The predicted molar refractivity (Wildman–Crippen MR) is 86.0 cm³/mol. The number of nitrogens with zero attached hydrogens (tertiary/aromatic N) is 2. The molecule has 0 spiro atoms. The van der Waals surface area contributed by atoms with E-state index >= 15 is 0 Å². The summed E-state index contributed by atoms with van der Waals surface area (Å²) in [5.74, 6) is 1.66. The minimum absolute atomic E-state index is 0.612. The monoisotopic (exact) mass is 296 g/mol. The zero-order valence-electron chi connectivity index (χ0n) is 12.6. The van der Waals surface area contributed by atoms with Crippen LogP contribution in [-0.2, 0) is 13.1 Å². The van der Waals surface area contributed by atoms with Gasteiger partial charge >= 0.3 is 0 Å². The molecule has 0 bridgehead atoms. The van der Waals surface area contributed by atoms with E-state index in [1.807, 2.05) is 36.5 Å². The van der Waals surface area contributed by atoms with Crippen molar-refractivity contribution in [3.8, 4) is 11.5 Å². The Bertz CT molecular complexity index is 628. The molecule has 0 N–H and O–H groups in total. The maximum atomic E-state index is 5.65. The van der Waals surface area contributed by atoms with Gasteiger partial charge in [-0.05, 0) is 29.8 Å². The lowest BCUT2D eigenvalue weighted by Crippen LogP contribution is -2.23. The summed E-state index contributed by atoms with van der Waals surface area (Å²) < 4.78 is 11.2. The van der Waals surface area contributed by atoms with Crippen molar-refractivity contribution in [3.05, 3.63) is 66.5 Å². The smallest absolute Gasteiger partial charge is 0.161 e. The van der Waals surface area contributed by atoms with Crippen molar-refractivity contribution in [2.45, 2.75) is 13.1 Å². The van der Waals surface area contributed by atoms with Crippen LogP contribution in [0.15, 0.2) is 55.3 Å². The van der Waals surface area contributed by atoms with Gasteiger partial charge in [0.05, 0.1) is 5.69 Å². The van der Waals surface area contributed by atoms with Gasteiger partial charge in [-0.3, -0.25) is 9.88 Å². The van der Waals surface area contributed by atoms with Crippen molar-refractivity contribution in [1.82, 2.24) is 9.88 Å². The average Bonchev–Trinajstić information content (AvgIpc) is 2.56. The number of ether oxygens (including phenoxy) is 2. The number of rotatable bonds is 6. The third-order valence-corrected chi connectivity index (χ3v) is 3.51. The summed E-state index contributed by atoms with van der Waals surface area (Å²) in [6.45, 7) is 7.50. The van der Waals surface area contributed by atoms with Crippen LogP contribution >= 0.6 is 0 Å². The SMILES string of the molecule is C=CCN(Cc1ccc2c(c1)OCCO2)Cc1ccccn1. The Morgan fingerprint density at radius 3 is 2.73 bits per heavy atom. The Balaban J connectivity index is 1.71. The molecule has 0 unspecified atom stereocenters. The molecule has 1 aliphatic heterocycles. The molecule has 0 atom stereocenters. The molecule has 2 heterocycles. The van der Waals surface area contributed by atoms with Crippen LogP contribution < -0.4 is 9.47 Å². The van der Waals surface area contributed by atoms with E-state index in [1.165, 1.54) is 5.56 Å². The van der Waals surface area contributed by atoms with Gasteiger partial charge in [0.1, 0.15) is 13.2 Å². The van der Waals surface area contributed by atoms with Gasteiger partial charge in [0.25, 0.3) is 0 Å². The molecule has 0 radical (unpaired) electrons. The second kappa shape index (κ2) is 7.09. The summed E-state index contributed by atoms with van der Waals surface area (Å²) in [5.41, 5.74) is 2.25. The minimum Gasteiger partial charge on any atom is -0.486 e. The fourth-order valence-corrected chi connectivity index (χ4v) is 2.53. The highest BCUT2D eigenvalue weighted by Gasteiger charge is 2.13. The number of fused-ring (bicyclic) bond motifs is 1. The van der Waals surface area contributed by atoms with Gasteiger partial charge in [-0.25, -0.2) is 0 Å². The van der Waals surface area contributed by atoms with Gasteiger partial charge in [0.15, 0.2) is 11.5 Å². The van der Waals surface area contributed by atoms with E-state index in [-0.39, 0.29) is 0 Å². The first-order chi connectivity index (χ1) is 10.8. The number of hydrogen-bond donors (Lipinski definition) is 0. The molecule has 4 nitrogen and oxygen atoms in total. The summed E-state index contributed by atoms with van der Waals surface area (Å²) in [5, 5.41) is 0. The second-order valence-electron chi connectivity index (χ2n) is 5.26. The lowest BCUT2D eigenvalue weighted by Gasteiger charge is -2.22. The molecular formula is C18H20N2O2. The van der Waals surface area contributed by atoms with Gasteiger partial charge in [-0.15, -0.1) is 6.58 Å². The quantitative estimate of drug-likeness (QED) is 0.767. The zero-order valence-corrected chi connectivity index (χ0v) is 12.6. The van der Waals surface area contributed by atoms with Crippen LogP contribution in [0.4, 0.5) is 0 Å². The molecule has 0 saturated carbocycles. The van der Waals surface area contributed by atoms with Crippen molar-refractivity contribution in [2.24, 2.45) is 0 Å². The van der Waals surface area contributed by atoms with Crippen molar-refractivity contribution in [3.63, 3.8) is 0 Å². The number of benzene rings is 1. The van der Waals surface area contributed by atoms with Gasteiger partial charge < -0.3 is 9.47 Å². The van der Waals surface area contributed by atoms with E-state index in [2.05, 4.69) is 28.6 Å². The normalized spacial score (nSPS) is 13.1. The summed E-state index contributed by atoms with van der Waals surface area (Å²) in [4.78, 5) is 6.68. The summed E-state index contributed by atoms with van der Waals surface area (Å²) in [7, 11) is 0. The molecule has 3 rings (SSSR count). The molecule has 0 saturated heterocycles. The zero-order chi connectivity index (χ0) is 15.2. The standard InChI is InChI=1S/C18H20N2O2/c1-2-9-20(14-16-5-3-4-8-19-16)13-15-6-7-17-18(12-15)22-11-10-21-17/h2-8,12H,1,9-11,13-14H2. The molecule has 2 aromatic rings. The van der Waals surface area contributed by atoms with E-state index in [0.29, 0.717) is 13.2 Å². The molecule has 1 aliphatic rings. The van der Waals surface area contributed by atoms with Crippen LogP contribution in [0.5, 0.6) is 11.5 Å². The first kappa shape index (κ1) is 14.6. The fraction of sp³-hybridized carbons (Fsp3) is 0.278. The maximum absolute atomic E-state index is 5.65. The van der Waals surface area contributed by atoms with Gasteiger partial charge in [0.2, 0.25) is 0 Å². The Morgan fingerprint density at radius 1 is 1.09 bits per heavy atom. The highest BCUT2D eigenvalue weighted by molar-refractivity contribution is 5.43. The number of pyridine rings is 1. The summed E-state index contributed by atoms with van der Waals surface area (Å²) in [6, 6.07) is 12.1. The predicted octanol–water partition coefficient (Wildman–Crippen LogP) is 3.04. The van der Waals surface area contributed by atoms with Crippen LogP contribution in [0.1, 0.15) is 11.3 Å². The van der Waals surface area contributed by atoms with Gasteiger partial charge in [0, 0.05) is 25.8 Å². The molecule has 114 valence electrons. The fourth-order valence-electron chi connectivity index (χ4n) is 2.53. The molecular weight excluding hydrogens is 276 g/mol. The second-order valence-corrected chi connectivity index (χ2v) is 5.26. The van der Waals surface area contributed by atoms with E-state index in [0.717, 1.165) is 36.8 Å². The molecule has 4 heteroatoms. The van der Waals surface area contributed by atoms with Crippen LogP contribution in [0.25, 0.3) is 0 Å². The molecule has 1 aromatic carbocycles. The largest absolute Gasteiger partial charge is 0.486 e. The Hall–Kier alpha value is -2.33. The van der Waals surface area contributed by atoms with Crippen LogP contribution in [-0.4, -0.2) is 29.6 Å². The third-order valence-electron chi connectivity index (χ3n) is 3.51. The average molecular weight is 296 g/mol.